The van der Waals surface area contributed by atoms with Crippen molar-refractivity contribution in [2.24, 2.45) is 0 Å². The Morgan fingerprint density at radius 2 is 2.11 bits per heavy atom. The maximum atomic E-state index is 12.3. The zero-order chi connectivity index (χ0) is 13.4. The summed E-state index contributed by atoms with van der Waals surface area (Å²) in [5, 5.41) is 3.28. The SMILES string of the molecule is O=C1NC(C(=O)N2CCC2c2ccc(Cl)cc2)CS1. The van der Waals surface area contributed by atoms with E-state index in [0.717, 1.165) is 18.5 Å². The van der Waals surface area contributed by atoms with Crippen molar-refractivity contribution >= 4 is 34.5 Å². The summed E-state index contributed by atoms with van der Waals surface area (Å²) in [6.45, 7) is 0.753. The van der Waals surface area contributed by atoms with Crippen LogP contribution in [0, 0.1) is 0 Å². The van der Waals surface area contributed by atoms with Gasteiger partial charge in [0.15, 0.2) is 0 Å². The summed E-state index contributed by atoms with van der Waals surface area (Å²) < 4.78 is 0. The first-order valence-electron chi connectivity index (χ1n) is 6.14. The van der Waals surface area contributed by atoms with Crippen LogP contribution in [0.25, 0.3) is 0 Å². The number of hydrogen-bond acceptors (Lipinski definition) is 3. The molecular weight excluding hydrogens is 284 g/mol. The lowest BCUT2D eigenvalue weighted by atomic mass is 9.94. The van der Waals surface area contributed by atoms with Crippen LogP contribution in [0.5, 0.6) is 0 Å². The first-order chi connectivity index (χ1) is 9.15. The molecule has 0 radical (unpaired) electrons. The van der Waals surface area contributed by atoms with Crippen molar-refractivity contribution in [1.29, 1.82) is 0 Å². The first kappa shape index (κ1) is 12.8. The molecule has 2 aliphatic heterocycles. The van der Waals surface area contributed by atoms with Crippen molar-refractivity contribution in [2.75, 3.05) is 12.3 Å². The summed E-state index contributed by atoms with van der Waals surface area (Å²) in [7, 11) is 0. The van der Waals surface area contributed by atoms with Gasteiger partial charge in [-0.15, -0.1) is 0 Å². The van der Waals surface area contributed by atoms with Gasteiger partial charge in [-0.2, -0.15) is 0 Å². The van der Waals surface area contributed by atoms with Gasteiger partial charge in [-0.05, 0) is 24.1 Å². The van der Waals surface area contributed by atoms with Gasteiger partial charge in [-0.25, -0.2) is 0 Å². The van der Waals surface area contributed by atoms with Crippen LogP contribution in [0.4, 0.5) is 4.79 Å². The molecule has 2 heterocycles. The molecule has 0 saturated carbocycles. The van der Waals surface area contributed by atoms with Gasteiger partial charge in [0, 0.05) is 17.3 Å². The lowest BCUT2D eigenvalue weighted by Gasteiger charge is -2.42. The number of carbonyl (C=O) groups is 2. The number of halogens is 1. The van der Waals surface area contributed by atoms with Crippen molar-refractivity contribution in [3.8, 4) is 0 Å². The van der Waals surface area contributed by atoms with Gasteiger partial charge in [0.1, 0.15) is 6.04 Å². The number of thioether (sulfide) groups is 1. The lowest BCUT2D eigenvalue weighted by molar-refractivity contribution is -0.140. The number of hydrogen-bond donors (Lipinski definition) is 1. The van der Waals surface area contributed by atoms with E-state index in [9.17, 15) is 9.59 Å². The van der Waals surface area contributed by atoms with Gasteiger partial charge in [0.25, 0.3) is 5.24 Å². The van der Waals surface area contributed by atoms with Crippen LogP contribution in [0.3, 0.4) is 0 Å². The Balaban J connectivity index is 1.70. The maximum absolute atomic E-state index is 12.3. The summed E-state index contributed by atoms with van der Waals surface area (Å²) in [6.07, 6.45) is 0.960. The normalized spacial score (nSPS) is 25.9. The van der Waals surface area contributed by atoms with Crippen LogP contribution in [0.1, 0.15) is 18.0 Å². The molecule has 100 valence electrons. The van der Waals surface area contributed by atoms with Crippen LogP contribution in [0.2, 0.25) is 5.02 Å². The van der Waals surface area contributed by atoms with Crippen molar-refractivity contribution < 1.29 is 9.59 Å². The second kappa shape index (κ2) is 5.06. The van der Waals surface area contributed by atoms with Crippen LogP contribution in [0.15, 0.2) is 24.3 Å². The summed E-state index contributed by atoms with van der Waals surface area (Å²) in [5.41, 5.74) is 1.10. The highest BCUT2D eigenvalue weighted by Gasteiger charge is 2.39. The second-order valence-electron chi connectivity index (χ2n) is 4.68. The minimum atomic E-state index is -0.368. The number of likely N-dealkylation sites (tertiary alicyclic amines) is 1. The van der Waals surface area contributed by atoms with E-state index >= 15 is 0 Å². The molecule has 2 atom stereocenters. The highest BCUT2D eigenvalue weighted by atomic mass is 35.5. The number of rotatable bonds is 2. The highest BCUT2D eigenvalue weighted by Crippen LogP contribution is 2.34. The fourth-order valence-electron chi connectivity index (χ4n) is 2.40. The zero-order valence-electron chi connectivity index (χ0n) is 10.1. The predicted octanol–water partition coefficient (Wildman–Crippen LogP) is 2.44. The van der Waals surface area contributed by atoms with Crippen LogP contribution < -0.4 is 5.32 Å². The third-order valence-corrected chi connectivity index (χ3v) is 4.66. The number of nitrogens with zero attached hydrogens (tertiary/aromatic N) is 1. The molecule has 0 aliphatic carbocycles. The molecule has 2 amide bonds. The fourth-order valence-corrected chi connectivity index (χ4v) is 3.30. The average Bonchev–Trinajstić information content (AvgIpc) is 2.77. The minimum absolute atomic E-state index is 0.0181. The van der Waals surface area contributed by atoms with Crippen molar-refractivity contribution in [3.05, 3.63) is 34.9 Å². The number of nitrogens with one attached hydrogen (secondary N) is 1. The maximum Gasteiger partial charge on any atom is 0.279 e. The van der Waals surface area contributed by atoms with E-state index in [1.807, 2.05) is 29.2 Å². The molecule has 1 aromatic rings. The molecule has 0 aromatic heterocycles. The summed E-state index contributed by atoms with van der Waals surface area (Å²) in [6, 6.07) is 7.33. The molecule has 2 saturated heterocycles. The van der Waals surface area contributed by atoms with E-state index in [4.69, 9.17) is 11.6 Å². The average molecular weight is 297 g/mol. The van der Waals surface area contributed by atoms with Gasteiger partial charge in [-0.3, -0.25) is 9.59 Å². The molecule has 2 fully saturated rings. The standard InChI is InChI=1S/C13H13ClN2O2S/c14-9-3-1-8(2-4-9)11-5-6-16(11)12(17)10-7-19-13(18)15-10/h1-4,10-11H,5-7H2,(H,15,18). The smallest absolute Gasteiger partial charge is 0.279 e. The van der Waals surface area contributed by atoms with Gasteiger partial charge < -0.3 is 10.2 Å². The Hall–Kier alpha value is -1.20. The second-order valence-corrected chi connectivity index (χ2v) is 6.11. The summed E-state index contributed by atoms with van der Waals surface area (Å²) in [5.74, 6) is 0.547. The zero-order valence-corrected chi connectivity index (χ0v) is 11.7. The van der Waals surface area contributed by atoms with Crippen molar-refractivity contribution in [1.82, 2.24) is 10.2 Å². The number of amides is 2. The van der Waals surface area contributed by atoms with E-state index in [0.29, 0.717) is 10.8 Å². The molecule has 1 N–H and O–H groups in total. The Bertz CT molecular complexity index is 520. The van der Waals surface area contributed by atoms with Crippen molar-refractivity contribution in [2.45, 2.75) is 18.5 Å². The fraction of sp³-hybridized carbons (Fsp3) is 0.385. The largest absolute Gasteiger partial charge is 0.334 e. The van der Waals surface area contributed by atoms with Crippen LogP contribution in [-0.4, -0.2) is 34.4 Å². The Kier molecular flexibility index (Phi) is 3.41. The van der Waals surface area contributed by atoms with Crippen LogP contribution in [-0.2, 0) is 4.79 Å². The molecule has 2 unspecified atom stereocenters. The Morgan fingerprint density at radius 1 is 1.37 bits per heavy atom. The molecule has 2 aliphatic rings. The molecular formula is C13H13ClN2O2S. The highest BCUT2D eigenvalue weighted by molar-refractivity contribution is 8.14. The molecule has 4 nitrogen and oxygen atoms in total. The van der Waals surface area contributed by atoms with E-state index < -0.39 is 0 Å². The van der Waals surface area contributed by atoms with E-state index in [2.05, 4.69) is 5.32 Å². The predicted molar refractivity (Wildman–Crippen MR) is 75.3 cm³/mol. The quantitative estimate of drug-likeness (QED) is 0.912. The Morgan fingerprint density at radius 3 is 2.63 bits per heavy atom. The minimum Gasteiger partial charge on any atom is -0.334 e. The van der Waals surface area contributed by atoms with E-state index in [-0.39, 0.29) is 23.2 Å². The van der Waals surface area contributed by atoms with Crippen LogP contribution >= 0.6 is 23.4 Å². The number of carbonyl (C=O) groups excluding carboxylic acids is 2. The molecule has 3 rings (SSSR count). The molecule has 6 heteroatoms. The third-order valence-electron chi connectivity index (χ3n) is 3.53. The Labute approximate surface area is 120 Å². The third kappa shape index (κ3) is 2.44. The monoisotopic (exact) mass is 296 g/mol. The molecule has 0 bridgehead atoms. The van der Waals surface area contributed by atoms with Crippen molar-refractivity contribution in [3.63, 3.8) is 0 Å². The topological polar surface area (TPSA) is 49.4 Å². The number of benzene rings is 1. The van der Waals surface area contributed by atoms with Gasteiger partial charge in [-0.1, -0.05) is 35.5 Å². The van der Waals surface area contributed by atoms with Gasteiger partial charge >= 0.3 is 0 Å². The van der Waals surface area contributed by atoms with E-state index in [1.165, 1.54) is 11.8 Å². The summed E-state index contributed by atoms with van der Waals surface area (Å²) >= 11 is 7.04. The molecule has 19 heavy (non-hydrogen) atoms. The van der Waals surface area contributed by atoms with Gasteiger partial charge in [0.2, 0.25) is 5.91 Å². The van der Waals surface area contributed by atoms with Gasteiger partial charge in [0.05, 0.1) is 6.04 Å². The lowest BCUT2D eigenvalue weighted by Crippen LogP contribution is -2.52. The molecule has 1 aromatic carbocycles. The summed E-state index contributed by atoms with van der Waals surface area (Å²) in [4.78, 5) is 25.3. The first-order valence-corrected chi connectivity index (χ1v) is 7.51. The molecule has 0 spiro atoms. The van der Waals surface area contributed by atoms with E-state index in [1.54, 1.807) is 0 Å².